The lowest BCUT2D eigenvalue weighted by molar-refractivity contribution is -0.114. The molecule has 0 atom stereocenters. The smallest absolute Gasteiger partial charge is 0.359 e. The molecule has 28 heavy (non-hydrogen) atoms. The van der Waals surface area contributed by atoms with Crippen molar-refractivity contribution in [2.45, 2.75) is 20.8 Å². The van der Waals surface area contributed by atoms with Crippen LogP contribution in [0.25, 0.3) is 16.5 Å². The van der Waals surface area contributed by atoms with Crippen LogP contribution in [0.2, 0.25) is 0 Å². The van der Waals surface area contributed by atoms with Gasteiger partial charge in [0.15, 0.2) is 5.69 Å². The molecule has 1 amide bonds. The highest BCUT2D eigenvalue weighted by molar-refractivity contribution is 7.16. The number of hydrogen-bond acceptors (Lipinski definition) is 7. The number of esters is 1. The fourth-order valence-electron chi connectivity index (χ4n) is 2.68. The Balaban J connectivity index is 2.24. The van der Waals surface area contributed by atoms with E-state index in [1.165, 1.54) is 6.92 Å². The van der Waals surface area contributed by atoms with Crippen LogP contribution in [0.5, 0.6) is 5.75 Å². The third kappa shape index (κ3) is 3.74. The largest absolute Gasteiger partial charge is 0.494 e. The lowest BCUT2D eigenvalue weighted by atomic mass is 10.2. The van der Waals surface area contributed by atoms with E-state index in [-0.39, 0.29) is 23.6 Å². The topological polar surface area (TPSA) is 99.5 Å². The molecule has 0 fully saturated rings. The van der Waals surface area contributed by atoms with Crippen molar-refractivity contribution in [3.63, 3.8) is 0 Å². The van der Waals surface area contributed by atoms with Crippen LogP contribution in [0.15, 0.2) is 34.4 Å². The number of anilines is 1. The van der Waals surface area contributed by atoms with Gasteiger partial charge in [-0.3, -0.25) is 9.59 Å². The molecule has 146 valence electrons. The van der Waals surface area contributed by atoms with Gasteiger partial charge in [0.2, 0.25) is 5.91 Å². The molecule has 1 N–H and O–H groups in total. The second kappa shape index (κ2) is 8.22. The maximum atomic E-state index is 13.1. The predicted molar refractivity (Wildman–Crippen MR) is 107 cm³/mol. The first-order valence-corrected chi connectivity index (χ1v) is 9.56. The predicted octanol–water partition coefficient (Wildman–Crippen LogP) is 2.98. The summed E-state index contributed by atoms with van der Waals surface area (Å²) in [6, 6.07) is 6.77. The molecule has 0 saturated heterocycles. The Morgan fingerprint density at radius 2 is 1.89 bits per heavy atom. The molecule has 3 rings (SSSR count). The van der Waals surface area contributed by atoms with Crippen molar-refractivity contribution in [2.24, 2.45) is 0 Å². The van der Waals surface area contributed by atoms with E-state index in [9.17, 15) is 14.4 Å². The van der Waals surface area contributed by atoms with Crippen LogP contribution in [0, 0.1) is 0 Å². The number of ether oxygens (including phenoxy) is 2. The Kier molecular flexibility index (Phi) is 5.74. The van der Waals surface area contributed by atoms with E-state index < -0.39 is 11.5 Å². The number of fused-ring (bicyclic) bond motifs is 1. The summed E-state index contributed by atoms with van der Waals surface area (Å²) in [5.74, 6) is -0.301. The zero-order valence-corrected chi connectivity index (χ0v) is 16.5. The van der Waals surface area contributed by atoms with E-state index in [1.54, 1.807) is 36.6 Å². The van der Waals surface area contributed by atoms with E-state index in [1.807, 2.05) is 6.92 Å². The van der Waals surface area contributed by atoms with Crippen LogP contribution in [-0.2, 0) is 9.53 Å². The van der Waals surface area contributed by atoms with Gasteiger partial charge in [0.05, 0.1) is 24.3 Å². The standard InChI is InChI=1S/C19H19N3O5S/c1-4-26-13-8-6-12(7-9-13)22-18(24)15-14(10-28-17(15)20-11(3)23)16(21-22)19(25)27-5-2/h6-10H,4-5H2,1-3H3,(H,20,23). The minimum Gasteiger partial charge on any atom is -0.494 e. The summed E-state index contributed by atoms with van der Waals surface area (Å²) >= 11 is 1.15. The Labute approximate surface area is 164 Å². The minimum absolute atomic E-state index is 0.0122. The number of hydrogen-bond donors (Lipinski definition) is 1. The Morgan fingerprint density at radius 3 is 2.50 bits per heavy atom. The van der Waals surface area contributed by atoms with Gasteiger partial charge in [-0.2, -0.15) is 9.78 Å². The fraction of sp³-hybridized carbons (Fsp3) is 0.263. The molecule has 0 saturated carbocycles. The maximum Gasteiger partial charge on any atom is 0.359 e. The van der Waals surface area contributed by atoms with Gasteiger partial charge in [0.25, 0.3) is 5.56 Å². The molecule has 0 unspecified atom stereocenters. The summed E-state index contributed by atoms with van der Waals surface area (Å²) in [4.78, 5) is 37.0. The molecule has 0 spiro atoms. The molecular weight excluding hydrogens is 382 g/mol. The second-order valence-electron chi connectivity index (χ2n) is 5.75. The van der Waals surface area contributed by atoms with Gasteiger partial charge in [0.1, 0.15) is 10.8 Å². The first-order valence-electron chi connectivity index (χ1n) is 8.68. The molecule has 0 aliphatic carbocycles. The molecule has 2 aromatic heterocycles. The lowest BCUT2D eigenvalue weighted by Gasteiger charge is -2.10. The van der Waals surface area contributed by atoms with Gasteiger partial charge in [-0.25, -0.2) is 4.79 Å². The molecule has 0 aliphatic rings. The van der Waals surface area contributed by atoms with Crippen molar-refractivity contribution in [1.82, 2.24) is 9.78 Å². The van der Waals surface area contributed by atoms with Crippen molar-refractivity contribution in [3.05, 3.63) is 45.7 Å². The van der Waals surface area contributed by atoms with E-state index in [4.69, 9.17) is 9.47 Å². The average molecular weight is 401 g/mol. The van der Waals surface area contributed by atoms with Crippen molar-refractivity contribution in [3.8, 4) is 11.4 Å². The zero-order valence-electron chi connectivity index (χ0n) is 15.6. The van der Waals surface area contributed by atoms with E-state index in [2.05, 4.69) is 10.4 Å². The maximum absolute atomic E-state index is 13.1. The monoisotopic (exact) mass is 401 g/mol. The fourth-order valence-corrected chi connectivity index (χ4v) is 3.66. The van der Waals surface area contributed by atoms with E-state index in [0.29, 0.717) is 28.4 Å². The van der Waals surface area contributed by atoms with Crippen LogP contribution in [-0.4, -0.2) is 34.9 Å². The molecule has 8 nitrogen and oxygen atoms in total. The summed E-state index contributed by atoms with van der Waals surface area (Å²) < 4.78 is 11.6. The number of rotatable bonds is 6. The van der Waals surface area contributed by atoms with Gasteiger partial charge >= 0.3 is 5.97 Å². The normalized spacial score (nSPS) is 10.7. The first-order chi connectivity index (χ1) is 13.5. The quantitative estimate of drug-likeness (QED) is 0.638. The highest BCUT2D eigenvalue weighted by Gasteiger charge is 2.22. The highest BCUT2D eigenvalue weighted by atomic mass is 32.1. The lowest BCUT2D eigenvalue weighted by Crippen LogP contribution is -2.25. The summed E-state index contributed by atoms with van der Waals surface area (Å²) in [5, 5.41) is 9.42. The van der Waals surface area contributed by atoms with Crippen molar-refractivity contribution in [1.29, 1.82) is 0 Å². The van der Waals surface area contributed by atoms with Crippen LogP contribution in [0.1, 0.15) is 31.3 Å². The van der Waals surface area contributed by atoms with Gasteiger partial charge in [-0.15, -0.1) is 11.3 Å². The average Bonchev–Trinajstić information content (AvgIpc) is 3.07. The Morgan fingerprint density at radius 1 is 1.18 bits per heavy atom. The number of thiophene rings is 1. The number of nitrogens with zero attached hydrogens (tertiary/aromatic N) is 2. The number of benzene rings is 1. The Hall–Kier alpha value is -3.20. The highest BCUT2D eigenvalue weighted by Crippen LogP contribution is 2.30. The van der Waals surface area contributed by atoms with Gasteiger partial charge in [-0.05, 0) is 38.1 Å². The van der Waals surface area contributed by atoms with E-state index in [0.717, 1.165) is 16.0 Å². The second-order valence-corrected chi connectivity index (χ2v) is 6.63. The first kappa shape index (κ1) is 19.6. The summed E-state index contributed by atoms with van der Waals surface area (Å²) in [6.45, 7) is 5.61. The van der Waals surface area contributed by atoms with Gasteiger partial charge < -0.3 is 14.8 Å². The van der Waals surface area contributed by atoms with E-state index >= 15 is 0 Å². The van der Waals surface area contributed by atoms with Crippen molar-refractivity contribution >= 4 is 39.0 Å². The van der Waals surface area contributed by atoms with Crippen molar-refractivity contribution < 1.29 is 19.1 Å². The summed E-state index contributed by atoms with van der Waals surface area (Å²) in [7, 11) is 0. The molecule has 9 heteroatoms. The van der Waals surface area contributed by atoms with Crippen LogP contribution < -0.4 is 15.6 Å². The minimum atomic E-state index is -0.639. The van der Waals surface area contributed by atoms with Crippen molar-refractivity contribution in [2.75, 3.05) is 18.5 Å². The molecule has 0 aliphatic heterocycles. The molecule has 2 heterocycles. The van der Waals surface area contributed by atoms with Crippen LogP contribution >= 0.6 is 11.3 Å². The Bertz CT molecular complexity index is 1090. The van der Waals surface area contributed by atoms with Gasteiger partial charge in [-0.1, -0.05) is 0 Å². The molecular formula is C19H19N3O5S. The molecule has 0 radical (unpaired) electrons. The summed E-state index contributed by atoms with van der Waals surface area (Å²) in [5.41, 5.74) is 0.0243. The van der Waals surface area contributed by atoms with Gasteiger partial charge in [0, 0.05) is 17.7 Å². The third-order valence-corrected chi connectivity index (χ3v) is 4.70. The molecule has 1 aromatic carbocycles. The third-order valence-electron chi connectivity index (χ3n) is 3.80. The molecule has 0 bridgehead atoms. The SMILES string of the molecule is CCOC(=O)c1nn(-c2ccc(OCC)cc2)c(=O)c2c(NC(C)=O)scc12. The summed E-state index contributed by atoms with van der Waals surface area (Å²) in [6.07, 6.45) is 0. The number of aromatic nitrogens is 2. The number of amides is 1. The number of nitrogens with one attached hydrogen (secondary N) is 1. The number of carbonyl (C=O) groups excluding carboxylic acids is 2. The zero-order chi connectivity index (χ0) is 20.3. The molecule has 3 aromatic rings. The van der Waals surface area contributed by atoms with Crippen LogP contribution in [0.4, 0.5) is 5.00 Å². The van der Waals surface area contributed by atoms with Crippen LogP contribution in [0.3, 0.4) is 0 Å². The number of carbonyl (C=O) groups is 2.